The minimum Gasteiger partial charge on any atom is -0.477 e. The Morgan fingerprint density at radius 2 is 2.47 bits per heavy atom. The van der Waals surface area contributed by atoms with E-state index in [9.17, 15) is 4.79 Å². The Balaban J connectivity index is 1.90. The summed E-state index contributed by atoms with van der Waals surface area (Å²) >= 11 is 1.18. The first kappa shape index (κ1) is 12.3. The van der Waals surface area contributed by atoms with Crippen LogP contribution in [0.25, 0.3) is 0 Å². The van der Waals surface area contributed by atoms with Gasteiger partial charge in [0.25, 0.3) is 0 Å². The average molecular weight is 256 g/mol. The Bertz CT molecular complexity index is 399. The number of ether oxygens (including phenoxy) is 1. The molecule has 1 aromatic rings. The van der Waals surface area contributed by atoms with E-state index in [0.29, 0.717) is 22.2 Å². The van der Waals surface area contributed by atoms with Crippen molar-refractivity contribution in [1.82, 2.24) is 4.98 Å². The maximum Gasteiger partial charge on any atom is 0.347 e. The molecule has 0 aromatic carbocycles. The predicted octanol–water partition coefficient (Wildman–Crippen LogP) is 2.13. The van der Waals surface area contributed by atoms with Crippen molar-refractivity contribution in [3.63, 3.8) is 0 Å². The van der Waals surface area contributed by atoms with Gasteiger partial charge in [0.15, 0.2) is 5.13 Å². The number of carbonyl (C=O) groups is 1. The molecule has 2 heterocycles. The lowest BCUT2D eigenvalue weighted by Gasteiger charge is -2.22. The van der Waals surface area contributed by atoms with Crippen LogP contribution < -0.4 is 5.32 Å². The molecule has 0 radical (unpaired) electrons. The summed E-state index contributed by atoms with van der Waals surface area (Å²) in [6, 6.07) is 0. The lowest BCUT2D eigenvalue weighted by Crippen LogP contribution is -2.26. The van der Waals surface area contributed by atoms with Gasteiger partial charge in [-0.3, -0.25) is 0 Å². The van der Waals surface area contributed by atoms with Gasteiger partial charge in [0.1, 0.15) is 4.88 Å². The molecule has 17 heavy (non-hydrogen) atoms. The number of thiazole rings is 1. The highest BCUT2D eigenvalue weighted by atomic mass is 32.1. The van der Waals surface area contributed by atoms with Crippen molar-refractivity contribution < 1.29 is 14.6 Å². The molecule has 0 amide bonds. The fraction of sp³-hybridized carbons (Fsp3) is 0.636. The molecule has 0 saturated carbocycles. The number of nitrogens with one attached hydrogen (secondary N) is 1. The van der Waals surface area contributed by atoms with E-state index in [2.05, 4.69) is 10.3 Å². The maximum absolute atomic E-state index is 10.9. The van der Waals surface area contributed by atoms with E-state index < -0.39 is 5.97 Å². The fourth-order valence-electron chi connectivity index (χ4n) is 1.84. The van der Waals surface area contributed by atoms with Gasteiger partial charge in [-0.25, -0.2) is 9.78 Å². The highest BCUT2D eigenvalue weighted by Gasteiger charge is 2.16. The van der Waals surface area contributed by atoms with E-state index in [4.69, 9.17) is 9.84 Å². The number of anilines is 1. The summed E-state index contributed by atoms with van der Waals surface area (Å²) in [7, 11) is 0. The second-order valence-electron chi connectivity index (χ2n) is 4.11. The van der Waals surface area contributed by atoms with Crippen LogP contribution >= 0.6 is 11.3 Å². The number of aromatic nitrogens is 1. The fourth-order valence-corrected chi connectivity index (χ4v) is 2.65. The zero-order chi connectivity index (χ0) is 12.3. The summed E-state index contributed by atoms with van der Waals surface area (Å²) in [5.41, 5.74) is 0.564. The van der Waals surface area contributed by atoms with Crippen molar-refractivity contribution in [3.05, 3.63) is 10.6 Å². The molecule has 1 aliphatic rings. The van der Waals surface area contributed by atoms with Gasteiger partial charge in [0.2, 0.25) is 0 Å². The molecule has 94 valence electrons. The summed E-state index contributed by atoms with van der Waals surface area (Å²) in [6.07, 6.45) is 3.62. The molecule has 0 spiro atoms. The van der Waals surface area contributed by atoms with Gasteiger partial charge >= 0.3 is 5.97 Å². The van der Waals surface area contributed by atoms with Crippen LogP contribution in [-0.4, -0.2) is 35.3 Å². The van der Waals surface area contributed by atoms with E-state index in [1.807, 2.05) is 0 Å². The molecule has 1 aliphatic heterocycles. The number of aryl methyl sites for hydroxylation is 1. The van der Waals surface area contributed by atoms with Crippen molar-refractivity contribution in [2.75, 3.05) is 18.5 Å². The van der Waals surface area contributed by atoms with E-state index in [1.54, 1.807) is 6.92 Å². The standard InChI is InChI=1S/C11H16N2O3S/c1-7-9(10(14)15)17-11(13-7)12-6-8-4-2-3-5-16-8/h8H,2-6H2,1H3,(H,12,13)(H,14,15). The van der Waals surface area contributed by atoms with E-state index in [1.165, 1.54) is 17.8 Å². The third kappa shape index (κ3) is 3.17. The van der Waals surface area contributed by atoms with E-state index in [0.717, 1.165) is 19.4 Å². The van der Waals surface area contributed by atoms with Crippen LogP contribution in [0.5, 0.6) is 0 Å². The second kappa shape index (κ2) is 5.46. The highest BCUT2D eigenvalue weighted by molar-refractivity contribution is 7.17. The summed E-state index contributed by atoms with van der Waals surface area (Å²) in [5.74, 6) is -0.915. The molecule has 1 unspecified atom stereocenters. The summed E-state index contributed by atoms with van der Waals surface area (Å²) < 4.78 is 5.58. The first-order chi connectivity index (χ1) is 8.16. The normalized spacial score (nSPS) is 20.2. The van der Waals surface area contributed by atoms with Crippen molar-refractivity contribution in [3.8, 4) is 0 Å². The van der Waals surface area contributed by atoms with Crippen LogP contribution in [0.3, 0.4) is 0 Å². The van der Waals surface area contributed by atoms with Gasteiger partial charge in [-0.1, -0.05) is 11.3 Å². The van der Waals surface area contributed by atoms with Gasteiger partial charge in [0.05, 0.1) is 11.8 Å². The van der Waals surface area contributed by atoms with Crippen LogP contribution in [0.15, 0.2) is 0 Å². The minimum absolute atomic E-state index is 0.223. The summed E-state index contributed by atoms with van der Waals surface area (Å²) in [5, 5.41) is 12.7. The van der Waals surface area contributed by atoms with Gasteiger partial charge in [-0.2, -0.15) is 0 Å². The lowest BCUT2D eigenvalue weighted by atomic mass is 10.1. The van der Waals surface area contributed by atoms with Crippen LogP contribution in [0.1, 0.15) is 34.6 Å². The van der Waals surface area contributed by atoms with Gasteiger partial charge < -0.3 is 15.2 Å². The highest BCUT2D eigenvalue weighted by Crippen LogP contribution is 2.23. The molecule has 0 aliphatic carbocycles. The zero-order valence-corrected chi connectivity index (χ0v) is 10.5. The molecule has 2 N–H and O–H groups in total. The SMILES string of the molecule is Cc1nc(NCC2CCCCO2)sc1C(=O)O. The molecular weight excluding hydrogens is 240 g/mol. The Labute approximate surface area is 104 Å². The Hall–Kier alpha value is -1.14. The smallest absolute Gasteiger partial charge is 0.347 e. The average Bonchev–Trinajstić information content (AvgIpc) is 2.69. The molecule has 1 aromatic heterocycles. The summed E-state index contributed by atoms with van der Waals surface area (Å²) in [4.78, 5) is 15.3. The summed E-state index contributed by atoms with van der Waals surface area (Å²) in [6.45, 7) is 3.23. The largest absolute Gasteiger partial charge is 0.477 e. The molecule has 5 nitrogen and oxygen atoms in total. The molecule has 1 saturated heterocycles. The number of carboxylic acid groups (broad SMARTS) is 1. The Kier molecular flexibility index (Phi) is 3.96. The number of hydrogen-bond donors (Lipinski definition) is 2. The van der Waals surface area contributed by atoms with E-state index >= 15 is 0 Å². The monoisotopic (exact) mass is 256 g/mol. The van der Waals surface area contributed by atoms with Crippen LogP contribution in [0.2, 0.25) is 0 Å². The van der Waals surface area contributed by atoms with E-state index in [-0.39, 0.29) is 6.10 Å². The predicted molar refractivity (Wildman–Crippen MR) is 65.9 cm³/mol. The first-order valence-electron chi connectivity index (χ1n) is 5.73. The number of rotatable bonds is 4. The molecule has 6 heteroatoms. The van der Waals surface area contributed by atoms with Crippen LogP contribution in [0.4, 0.5) is 5.13 Å². The lowest BCUT2D eigenvalue weighted by molar-refractivity contribution is 0.0247. The van der Waals surface area contributed by atoms with Crippen molar-refractivity contribution in [2.24, 2.45) is 0 Å². The van der Waals surface area contributed by atoms with Crippen LogP contribution in [0, 0.1) is 6.92 Å². The molecular formula is C11H16N2O3S. The van der Waals surface area contributed by atoms with Crippen molar-refractivity contribution in [2.45, 2.75) is 32.3 Å². The molecule has 0 bridgehead atoms. The maximum atomic E-state index is 10.9. The number of hydrogen-bond acceptors (Lipinski definition) is 5. The third-order valence-electron chi connectivity index (χ3n) is 2.75. The van der Waals surface area contributed by atoms with Crippen molar-refractivity contribution in [1.29, 1.82) is 0 Å². The van der Waals surface area contributed by atoms with Gasteiger partial charge in [-0.15, -0.1) is 0 Å². The second-order valence-corrected chi connectivity index (χ2v) is 5.11. The van der Waals surface area contributed by atoms with Crippen LogP contribution in [-0.2, 0) is 4.74 Å². The number of carboxylic acids is 1. The van der Waals surface area contributed by atoms with Gasteiger partial charge in [0, 0.05) is 13.2 Å². The van der Waals surface area contributed by atoms with Gasteiger partial charge in [-0.05, 0) is 26.2 Å². The third-order valence-corrected chi connectivity index (χ3v) is 3.85. The molecule has 2 rings (SSSR count). The first-order valence-corrected chi connectivity index (χ1v) is 6.54. The number of nitrogens with zero attached hydrogens (tertiary/aromatic N) is 1. The zero-order valence-electron chi connectivity index (χ0n) is 9.73. The molecule has 1 atom stereocenters. The van der Waals surface area contributed by atoms with Crippen molar-refractivity contribution >= 4 is 22.4 Å². The minimum atomic E-state index is -0.915. The topological polar surface area (TPSA) is 71.5 Å². The Morgan fingerprint density at radius 1 is 1.65 bits per heavy atom. The number of aromatic carboxylic acids is 1. The molecule has 1 fully saturated rings. The quantitative estimate of drug-likeness (QED) is 0.863. The Morgan fingerprint density at radius 3 is 3.06 bits per heavy atom.